The van der Waals surface area contributed by atoms with Gasteiger partial charge in [0, 0.05) is 16.9 Å². The summed E-state index contributed by atoms with van der Waals surface area (Å²) in [5, 5.41) is 11.5. The Bertz CT molecular complexity index is 491. The van der Waals surface area contributed by atoms with E-state index in [-0.39, 0.29) is 12.3 Å². The number of allylic oxidation sites excluding steroid dienone is 2. The molecule has 1 aromatic carbocycles. The first-order chi connectivity index (χ1) is 8.63. The van der Waals surface area contributed by atoms with Crippen molar-refractivity contribution in [3.63, 3.8) is 0 Å². The van der Waals surface area contributed by atoms with Crippen molar-refractivity contribution in [2.45, 2.75) is 38.5 Å². The van der Waals surface area contributed by atoms with Crippen molar-refractivity contribution in [1.29, 1.82) is 0 Å². The number of carbonyl (C=O) groups is 1. The van der Waals surface area contributed by atoms with Crippen LogP contribution < -0.4 is 5.11 Å². The first-order valence-electron chi connectivity index (χ1n) is 6.32. The van der Waals surface area contributed by atoms with E-state index in [0.29, 0.717) is 5.02 Å². The van der Waals surface area contributed by atoms with Crippen molar-refractivity contribution < 1.29 is 9.90 Å². The molecule has 18 heavy (non-hydrogen) atoms. The predicted octanol–water partition coefficient (Wildman–Crippen LogP) is 3.15. The third kappa shape index (κ3) is 2.59. The highest BCUT2D eigenvalue weighted by Crippen LogP contribution is 2.43. The zero-order chi connectivity index (χ0) is 13.1. The number of carboxylic acids is 1. The molecule has 3 heteroatoms. The van der Waals surface area contributed by atoms with Crippen molar-refractivity contribution in [1.82, 2.24) is 0 Å². The van der Waals surface area contributed by atoms with E-state index in [4.69, 9.17) is 11.6 Å². The van der Waals surface area contributed by atoms with Crippen LogP contribution in [0.5, 0.6) is 0 Å². The second kappa shape index (κ2) is 5.57. The van der Waals surface area contributed by atoms with E-state index in [1.165, 1.54) is 5.57 Å². The Labute approximate surface area is 112 Å². The van der Waals surface area contributed by atoms with Crippen LogP contribution in [-0.4, -0.2) is 5.97 Å². The van der Waals surface area contributed by atoms with Gasteiger partial charge in [-0.15, -0.1) is 0 Å². The quantitative estimate of drug-likeness (QED) is 0.819. The molecule has 0 aromatic heterocycles. The standard InChI is InChI=1S/C15H17ClO2/c1-2-3-5-10-8-11(9-14(17)18)15-12(10)6-4-7-13(15)16/h4,6-8,11H,2-3,5,9H2,1H3,(H,17,18)/p-1. The number of hydrogen-bond acceptors (Lipinski definition) is 2. The molecule has 1 unspecified atom stereocenters. The maximum Gasteiger partial charge on any atom is 0.0450 e. The van der Waals surface area contributed by atoms with Gasteiger partial charge in [-0.2, -0.15) is 0 Å². The number of rotatable bonds is 5. The summed E-state index contributed by atoms with van der Waals surface area (Å²) in [5.74, 6) is -1.16. The molecule has 1 aliphatic rings. The van der Waals surface area contributed by atoms with Gasteiger partial charge in [-0.1, -0.05) is 43.2 Å². The van der Waals surface area contributed by atoms with E-state index in [1.807, 2.05) is 24.3 Å². The summed E-state index contributed by atoms with van der Waals surface area (Å²) in [6, 6.07) is 5.76. The molecule has 0 radical (unpaired) electrons. The highest BCUT2D eigenvalue weighted by atomic mass is 35.5. The van der Waals surface area contributed by atoms with Crippen LogP contribution >= 0.6 is 11.6 Å². The summed E-state index contributed by atoms with van der Waals surface area (Å²) in [4.78, 5) is 10.8. The molecule has 2 rings (SSSR count). The SMILES string of the molecule is CCCCC1=CC(CC(=O)[O-])c2c(Cl)cccc21. The Morgan fingerprint density at radius 2 is 2.22 bits per heavy atom. The maximum atomic E-state index is 10.8. The van der Waals surface area contributed by atoms with E-state index in [2.05, 4.69) is 6.92 Å². The van der Waals surface area contributed by atoms with E-state index >= 15 is 0 Å². The number of hydrogen-bond donors (Lipinski definition) is 0. The number of fused-ring (bicyclic) bond motifs is 1. The van der Waals surface area contributed by atoms with Crippen LogP contribution in [0.1, 0.15) is 49.7 Å². The fourth-order valence-electron chi connectivity index (χ4n) is 2.54. The zero-order valence-corrected chi connectivity index (χ0v) is 11.2. The van der Waals surface area contributed by atoms with Gasteiger partial charge < -0.3 is 9.90 Å². The summed E-state index contributed by atoms with van der Waals surface area (Å²) < 4.78 is 0. The molecule has 0 saturated carbocycles. The van der Waals surface area contributed by atoms with Crippen LogP contribution in [0, 0.1) is 0 Å². The number of aliphatic carboxylic acids is 1. The number of unbranched alkanes of at least 4 members (excludes halogenated alkanes) is 1. The van der Waals surface area contributed by atoms with Gasteiger partial charge in [0.15, 0.2) is 0 Å². The molecule has 1 aliphatic carbocycles. The van der Waals surface area contributed by atoms with Gasteiger partial charge in [-0.05, 0) is 42.0 Å². The molecule has 0 N–H and O–H groups in total. The van der Waals surface area contributed by atoms with Crippen molar-refractivity contribution in [2.24, 2.45) is 0 Å². The van der Waals surface area contributed by atoms with Crippen LogP contribution in [-0.2, 0) is 4.79 Å². The van der Waals surface area contributed by atoms with Crippen molar-refractivity contribution >= 4 is 23.1 Å². The summed E-state index contributed by atoms with van der Waals surface area (Å²) in [5.41, 5.74) is 3.29. The van der Waals surface area contributed by atoms with Gasteiger partial charge in [0.05, 0.1) is 0 Å². The predicted molar refractivity (Wildman–Crippen MR) is 71.3 cm³/mol. The number of carbonyl (C=O) groups excluding carboxylic acids is 1. The second-order valence-corrected chi connectivity index (χ2v) is 5.09. The van der Waals surface area contributed by atoms with Gasteiger partial charge in [0.2, 0.25) is 0 Å². The smallest absolute Gasteiger partial charge is 0.0450 e. The molecule has 0 aliphatic heterocycles. The Balaban J connectivity index is 2.34. The lowest BCUT2D eigenvalue weighted by Crippen LogP contribution is -2.23. The molecule has 1 aromatic rings. The van der Waals surface area contributed by atoms with Crippen LogP contribution in [0.15, 0.2) is 24.3 Å². The van der Waals surface area contributed by atoms with Crippen LogP contribution in [0.2, 0.25) is 5.02 Å². The highest BCUT2D eigenvalue weighted by Gasteiger charge is 2.25. The third-order valence-electron chi connectivity index (χ3n) is 3.36. The molecule has 1 atom stereocenters. The minimum Gasteiger partial charge on any atom is -0.550 e. The molecule has 0 fully saturated rings. The van der Waals surface area contributed by atoms with E-state index in [1.54, 1.807) is 0 Å². The monoisotopic (exact) mass is 263 g/mol. The normalized spacial score (nSPS) is 17.4. The van der Waals surface area contributed by atoms with Crippen molar-refractivity contribution in [3.05, 3.63) is 40.4 Å². The fraction of sp³-hybridized carbons (Fsp3) is 0.400. The average molecular weight is 264 g/mol. The number of benzene rings is 1. The van der Waals surface area contributed by atoms with E-state index in [9.17, 15) is 9.90 Å². The third-order valence-corrected chi connectivity index (χ3v) is 3.69. The largest absolute Gasteiger partial charge is 0.550 e. The Kier molecular flexibility index (Phi) is 4.07. The summed E-state index contributed by atoms with van der Waals surface area (Å²) >= 11 is 6.20. The molecule has 2 nitrogen and oxygen atoms in total. The van der Waals surface area contributed by atoms with Crippen molar-refractivity contribution in [3.8, 4) is 0 Å². The van der Waals surface area contributed by atoms with Crippen LogP contribution in [0.3, 0.4) is 0 Å². The molecule has 0 heterocycles. The summed E-state index contributed by atoms with van der Waals surface area (Å²) in [7, 11) is 0. The Hall–Kier alpha value is -1.28. The molecule has 0 bridgehead atoms. The molecular formula is C15H16ClO2-. The maximum absolute atomic E-state index is 10.8. The molecule has 0 spiro atoms. The van der Waals surface area contributed by atoms with Crippen molar-refractivity contribution in [2.75, 3.05) is 0 Å². The lowest BCUT2D eigenvalue weighted by Gasteiger charge is -2.13. The minimum absolute atomic E-state index is 0.00631. The van der Waals surface area contributed by atoms with E-state index in [0.717, 1.165) is 30.4 Å². The summed E-state index contributed by atoms with van der Waals surface area (Å²) in [6.45, 7) is 2.15. The van der Waals surface area contributed by atoms with Gasteiger partial charge in [0.1, 0.15) is 0 Å². The number of carboxylic acid groups (broad SMARTS) is 1. The lowest BCUT2D eigenvalue weighted by molar-refractivity contribution is -0.305. The second-order valence-electron chi connectivity index (χ2n) is 4.68. The first-order valence-corrected chi connectivity index (χ1v) is 6.70. The zero-order valence-electron chi connectivity index (χ0n) is 10.4. The highest BCUT2D eigenvalue weighted by molar-refractivity contribution is 6.31. The topological polar surface area (TPSA) is 40.1 Å². The van der Waals surface area contributed by atoms with Gasteiger partial charge in [-0.3, -0.25) is 0 Å². The summed E-state index contributed by atoms with van der Waals surface area (Å²) in [6.07, 6.45) is 5.26. The Morgan fingerprint density at radius 1 is 1.44 bits per heavy atom. The molecule has 0 saturated heterocycles. The first kappa shape index (κ1) is 13.2. The molecule has 0 amide bonds. The Morgan fingerprint density at radius 3 is 2.89 bits per heavy atom. The van der Waals surface area contributed by atoms with E-state index < -0.39 is 5.97 Å². The minimum atomic E-state index is -1.03. The molecule has 96 valence electrons. The van der Waals surface area contributed by atoms with Gasteiger partial charge >= 0.3 is 0 Å². The van der Waals surface area contributed by atoms with Gasteiger partial charge in [-0.25, -0.2) is 0 Å². The van der Waals surface area contributed by atoms with Crippen LogP contribution in [0.25, 0.3) is 5.57 Å². The lowest BCUT2D eigenvalue weighted by atomic mass is 9.97. The van der Waals surface area contributed by atoms with Gasteiger partial charge in [0.25, 0.3) is 0 Å². The fourth-order valence-corrected chi connectivity index (χ4v) is 2.85. The average Bonchev–Trinajstić information content (AvgIpc) is 2.65. The molecular weight excluding hydrogens is 248 g/mol. The number of halogens is 1. The van der Waals surface area contributed by atoms with Crippen LogP contribution in [0.4, 0.5) is 0 Å².